The number of guanidine groups is 1. The smallest absolute Gasteiger partial charge is 0.191 e. The molecule has 1 unspecified atom stereocenters. The summed E-state index contributed by atoms with van der Waals surface area (Å²) in [6.45, 7) is 11.1. The molecule has 0 radical (unpaired) electrons. The summed E-state index contributed by atoms with van der Waals surface area (Å²) >= 11 is 0. The molecule has 2 bridgehead atoms. The summed E-state index contributed by atoms with van der Waals surface area (Å²) in [4.78, 5) is 12.3. The normalized spacial score (nSPS) is 22.7. The molecule has 4 heterocycles. The zero-order valence-corrected chi connectivity index (χ0v) is 19.7. The molecule has 1 aromatic carbocycles. The van der Waals surface area contributed by atoms with E-state index < -0.39 is 0 Å². The van der Waals surface area contributed by atoms with Crippen LogP contribution in [0.2, 0.25) is 0 Å². The summed E-state index contributed by atoms with van der Waals surface area (Å²) in [5.74, 6) is 2.63. The van der Waals surface area contributed by atoms with E-state index in [4.69, 9.17) is 4.99 Å². The fraction of sp³-hybridized carbons (Fsp3) is 0.609. The second-order valence-electron chi connectivity index (χ2n) is 8.80. The van der Waals surface area contributed by atoms with Crippen LogP contribution < -0.4 is 15.5 Å². The highest BCUT2D eigenvalue weighted by molar-refractivity contribution is 5.79. The third-order valence-electron chi connectivity index (χ3n) is 6.62. The molecule has 3 aliphatic rings. The number of nitrogens with zero attached hydrogens (tertiary/aromatic N) is 7. The van der Waals surface area contributed by atoms with Crippen LogP contribution in [0.15, 0.2) is 35.3 Å². The molecule has 0 amide bonds. The summed E-state index contributed by atoms with van der Waals surface area (Å²) in [6, 6.07) is 11.1. The van der Waals surface area contributed by atoms with Crippen molar-refractivity contribution in [1.29, 1.82) is 0 Å². The number of anilines is 1. The molecule has 1 aromatic heterocycles. The Morgan fingerprint density at radius 1 is 1.12 bits per heavy atom. The Bertz CT molecular complexity index is 871. The first-order chi connectivity index (χ1) is 15.6. The van der Waals surface area contributed by atoms with Gasteiger partial charge in [-0.25, -0.2) is 4.99 Å². The van der Waals surface area contributed by atoms with E-state index in [0.717, 1.165) is 50.2 Å². The van der Waals surface area contributed by atoms with Gasteiger partial charge in [0.2, 0.25) is 0 Å². The van der Waals surface area contributed by atoms with Crippen molar-refractivity contribution in [3.63, 3.8) is 0 Å². The molecule has 1 atom stereocenters. The Balaban J connectivity index is 1.30. The minimum absolute atomic E-state index is 0.511. The van der Waals surface area contributed by atoms with Crippen LogP contribution in [0.1, 0.15) is 18.1 Å². The number of piperazine rings is 3. The van der Waals surface area contributed by atoms with Crippen LogP contribution in [-0.4, -0.2) is 96.0 Å². The summed E-state index contributed by atoms with van der Waals surface area (Å²) in [5.41, 5.74) is 1.24. The van der Waals surface area contributed by atoms with Gasteiger partial charge in [-0.3, -0.25) is 9.80 Å². The van der Waals surface area contributed by atoms with Gasteiger partial charge in [0.25, 0.3) is 0 Å². The van der Waals surface area contributed by atoms with Crippen LogP contribution in [0, 0.1) is 6.92 Å². The van der Waals surface area contributed by atoms with Crippen molar-refractivity contribution in [2.24, 2.45) is 12.0 Å². The molecule has 2 aromatic rings. The van der Waals surface area contributed by atoms with E-state index in [1.54, 1.807) is 0 Å². The number of para-hydroxylation sites is 1. The largest absolute Gasteiger partial charge is 0.375 e. The highest BCUT2D eigenvalue weighted by atomic mass is 15.4. The molecule has 9 heteroatoms. The molecule has 0 aliphatic carbocycles. The number of rotatable bonds is 9. The number of aromatic nitrogens is 3. The molecule has 5 rings (SSSR count). The topological polar surface area (TPSA) is 76.8 Å². The van der Waals surface area contributed by atoms with Crippen molar-refractivity contribution in [3.8, 4) is 0 Å². The van der Waals surface area contributed by atoms with Crippen LogP contribution >= 0.6 is 0 Å². The average Bonchev–Trinajstić information content (AvgIpc) is 3.16. The van der Waals surface area contributed by atoms with Gasteiger partial charge in [0.1, 0.15) is 12.4 Å². The lowest BCUT2D eigenvalue weighted by Crippen LogP contribution is -2.63. The molecule has 0 spiro atoms. The first-order valence-corrected chi connectivity index (χ1v) is 11.7. The van der Waals surface area contributed by atoms with Crippen LogP contribution in [0.4, 0.5) is 5.69 Å². The van der Waals surface area contributed by atoms with E-state index >= 15 is 0 Å². The maximum absolute atomic E-state index is 4.81. The van der Waals surface area contributed by atoms with Gasteiger partial charge in [0.05, 0.1) is 0 Å². The lowest BCUT2D eigenvalue weighted by atomic mass is 10.1. The Morgan fingerprint density at radius 3 is 2.56 bits per heavy atom. The van der Waals surface area contributed by atoms with Crippen molar-refractivity contribution >= 4 is 11.6 Å². The maximum atomic E-state index is 4.81. The molecule has 3 saturated heterocycles. The second kappa shape index (κ2) is 10.8. The molecule has 3 aliphatic heterocycles. The second-order valence-corrected chi connectivity index (χ2v) is 8.80. The minimum Gasteiger partial charge on any atom is -0.375 e. The van der Waals surface area contributed by atoms with Crippen LogP contribution in [0.25, 0.3) is 0 Å². The number of benzene rings is 1. The SMILES string of the molecule is Cc1nnc(CN=C(NCCCN(C)c2ccccc2)NCC2CN3CCN2CC3)n1C. The molecule has 0 saturated carbocycles. The van der Waals surface area contributed by atoms with Crippen LogP contribution in [0.5, 0.6) is 0 Å². The minimum atomic E-state index is 0.511. The summed E-state index contributed by atoms with van der Waals surface area (Å²) in [5, 5.41) is 15.5. The lowest BCUT2D eigenvalue weighted by molar-refractivity contribution is 0.0154. The summed E-state index contributed by atoms with van der Waals surface area (Å²) in [7, 11) is 4.13. The third kappa shape index (κ3) is 5.77. The number of aliphatic imine (C=N–C) groups is 1. The third-order valence-corrected chi connectivity index (χ3v) is 6.62. The first-order valence-electron chi connectivity index (χ1n) is 11.7. The van der Waals surface area contributed by atoms with Gasteiger partial charge in [-0.2, -0.15) is 0 Å². The van der Waals surface area contributed by atoms with Gasteiger partial charge in [-0.05, 0) is 25.5 Å². The number of hydrogen-bond donors (Lipinski definition) is 2. The number of aryl methyl sites for hydroxylation is 1. The Kier molecular flexibility index (Phi) is 7.59. The molecule has 2 N–H and O–H groups in total. The Morgan fingerprint density at radius 2 is 1.91 bits per heavy atom. The maximum Gasteiger partial charge on any atom is 0.191 e. The predicted octanol–water partition coefficient (Wildman–Crippen LogP) is 0.685. The number of fused-ring (bicyclic) bond motifs is 3. The van der Waals surface area contributed by atoms with Crippen molar-refractivity contribution in [3.05, 3.63) is 42.0 Å². The lowest BCUT2D eigenvalue weighted by Gasteiger charge is -2.47. The molecular weight excluding hydrogens is 402 g/mol. The van der Waals surface area contributed by atoms with E-state index in [-0.39, 0.29) is 0 Å². The molecule has 3 fully saturated rings. The number of hydrogen-bond acceptors (Lipinski definition) is 6. The summed E-state index contributed by atoms with van der Waals surface area (Å²) < 4.78 is 2.00. The Hall–Kier alpha value is -2.65. The standard InChI is InChI=1S/C23H37N9/c1-19-27-28-22(30(19)3)17-26-23(25-16-21-18-31-12-14-32(21)15-13-31)24-10-7-11-29(2)20-8-5-4-6-9-20/h4-6,8-9,21H,7,10-18H2,1-3H3,(H2,24,25,26). The van der Waals surface area contributed by atoms with E-state index in [0.29, 0.717) is 12.6 Å². The average molecular weight is 440 g/mol. The van der Waals surface area contributed by atoms with E-state index in [1.165, 1.54) is 31.9 Å². The molecular formula is C23H37N9. The van der Waals surface area contributed by atoms with Crippen LogP contribution in [0.3, 0.4) is 0 Å². The quantitative estimate of drug-likeness (QED) is 0.338. The van der Waals surface area contributed by atoms with Gasteiger partial charge in [-0.15, -0.1) is 10.2 Å². The highest BCUT2D eigenvalue weighted by Crippen LogP contribution is 2.15. The van der Waals surface area contributed by atoms with E-state index in [1.807, 2.05) is 18.5 Å². The van der Waals surface area contributed by atoms with Crippen molar-refractivity contribution in [2.75, 3.05) is 64.3 Å². The van der Waals surface area contributed by atoms with Crippen molar-refractivity contribution in [1.82, 2.24) is 35.2 Å². The monoisotopic (exact) mass is 439 g/mol. The highest BCUT2D eigenvalue weighted by Gasteiger charge is 2.31. The van der Waals surface area contributed by atoms with Gasteiger partial charge in [-0.1, -0.05) is 18.2 Å². The molecule has 174 valence electrons. The molecule has 32 heavy (non-hydrogen) atoms. The van der Waals surface area contributed by atoms with Gasteiger partial charge in [0, 0.05) is 78.2 Å². The van der Waals surface area contributed by atoms with Crippen molar-refractivity contribution in [2.45, 2.75) is 25.9 Å². The van der Waals surface area contributed by atoms with E-state index in [2.05, 4.69) is 72.9 Å². The Labute approximate surface area is 191 Å². The zero-order valence-electron chi connectivity index (χ0n) is 19.7. The van der Waals surface area contributed by atoms with Crippen LogP contribution in [-0.2, 0) is 13.6 Å². The summed E-state index contributed by atoms with van der Waals surface area (Å²) in [6.07, 6.45) is 1.03. The van der Waals surface area contributed by atoms with E-state index in [9.17, 15) is 0 Å². The molecule has 9 nitrogen and oxygen atoms in total. The van der Waals surface area contributed by atoms with Gasteiger partial charge >= 0.3 is 0 Å². The number of nitrogens with one attached hydrogen (secondary N) is 2. The van der Waals surface area contributed by atoms with Gasteiger partial charge < -0.3 is 20.1 Å². The fourth-order valence-corrected chi connectivity index (χ4v) is 4.38. The van der Waals surface area contributed by atoms with Crippen molar-refractivity contribution < 1.29 is 0 Å². The first kappa shape index (κ1) is 22.5. The van der Waals surface area contributed by atoms with Gasteiger partial charge in [0.15, 0.2) is 11.8 Å². The zero-order chi connectivity index (χ0) is 22.3. The fourth-order valence-electron chi connectivity index (χ4n) is 4.38. The predicted molar refractivity (Wildman–Crippen MR) is 129 cm³/mol.